The third kappa shape index (κ3) is 3.21. The third-order valence-corrected chi connectivity index (χ3v) is 2.03. The van der Waals surface area contributed by atoms with Gasteiger partial charge in [0.25, 0.3) is 0 Å². The van der Waals surface area contributed by atoms with Gasteiger partial charge in [-0.15, -0.1) is 0 Å². The standard InChI is InChI=1S/C10H12FNO3/c1-12-9(10(14)15)4-6-2-7(11)5-8(13)3-6/h2-3,5,9,12-13H,4H2,1H3,(H,14,15)/t9-/m0/s1. The van der Waals surface area contributed by atoms with Crippen LogP contribution in [0.1, 0.15) is 5.56 Å². The zero-order valence-electron chi connectivity index (χ0n) is 8.20. The fourth-order valence-electron chi connectivity index (χ4n) is 1.30. The Labute approximate surface area is 86.4 Å². The van der Waals surface area contributed by atoms with Gasteiger partial charge in [0.15, 0.2) is 0 Å². The van der Waals surface area contributed by atoms with Crippen LogP contribution in [0, 0.1) is 5.82 Å². The lowest BCUT2D eigenvalue weighted by molar-refractivity contribution is -0.139. The smallest absolute Gasteiger partial charge is 0.321 e. The van der Waals surface area contributed by atoms with Crippen molar-refractivity contribution in [2.24, 2.45) is 0 Å². The number of aromatic hydroxyl groups is 1. The average Bonchev–Trinajstić information content (AvgIpc) is 2.12. The van der Waals surface area contributed by atoms with Crippen LogP contribution in [-0.4, -0.2) is 29.3 Å². The molecule has 0 aliphatic carbocycles. The number of carbonyl (C=O) groups is 1. The van der Waals surface area contributed by atoms with E-state index >= 15 is 0 Å². The number of phenols is 1. The predicted molar refractivity (Wildman–Crippen MR) is 52.3 cm³/mol. The van der Waals surface area contributed by atoms with E-state index in [0.29, 0.717) is 5.56 Å². The maximum atomic E-state index is 12.9. The van der Waals surface area contributed by atoms with Crippen LogP contribution in [0.4, 0.5) is 4.39 Å². The second-order valence-electron chi connectivity index (χ2n) is 3.20. The zero-order valence-corrected chi connectivity index (χ0v) is 8.20. The molecule has 1 aromatic rings. The van der Waals surface area contributed by atoms with Crippen LogP contribution >= 0.6 is 0 Å². The lowest BCUT2D eigenvalue weighted by atomic mass is 10.1. The van der Waals surface area contributed by atoms with Crippen molar-refractivity contribution in [3.05, 3.63) is 29.6 Å². The fraction of sp³-hybridized carbons (Fsp3) is 0.300. The van der Waals surface area contributed by atoms with Crippen LogP contribution in [0.15, 0.2) is 18.2 Å². The Kier molecular flexibility index (Phi) is 3.62. The number of benzene rings is 1. The third-order valence-electron chi connectivity index (χ3n) is 2.03. The molecule has 0 radical (unpaired) electrons. The van der Waals surface area contributed by atoms with Gasteiger partial charge in [0, 0.05) is 6.07 Å². The summed E-state index contributed by atoms with van der Waals surface area (Å²) >= 11 is 0. The lowest BCUT2D eigenvalue weighted by Gasteiger charge is -2.11. The highest BCUT2D eigenvalue weighted by Gasteiger charge is 2.15. The Morgan fingerprint density at radius 1 is 1.53 bits per heavy atom. The van der Waals surface area contributed by atoms with Gasteiger partial charge in [-0.2, -0.15) is 0 Å². The highest BCUT2D eigenvalue weighted by atomic mass is 19.1. The summed E-state index contributed by atoms with van der Waals surface area (Å²) in [5.74, 6) is -1.79. The first kappa shape index (κ1) is 11.5. The molecule has 0 fully saturated rings. The second-order valence-corrected chi connectivity index (χ2v) is 3.20. The Balaban J connectivity index is 2.83. The number of phenolic OH excluding ortho intramolecular Hbond substituents is 1. The van der Waals surface area contributed by atoms with Crippen molar-refractivity contribution in [1.82, 2.24) is 5.32 Å². The van der Waals surface area contributed by atoms with Crippen LogP contribution in [-0.2, 0) is 11.2 Å². The molecule has 15 heavy (non-hydrogen) atoms. The second kappa shape index (κ2) is 4.75. The molecule has 1 rings (SSSR count). The van der Waals surface area contributed by atoms with Gasteiger partial charge in [0.2, 0.25) is 0 Å². The quantitative estimate of drug-likeness (QED) is 0.690. The number of rotatable bonds is 4. The molecular weight excluding hydrogens is 201 g/mol. The minimum Gasteiger partial charge on any atom is -0.508 e. The molecule has 4 nitrogen and oxygen atoms in total. The van der Waals surface area contributed by atoms with E-state index < -0.39 is 17.8 Å². The molecule has 0 unspecified atom stereocenters. The summed E-state index contributed by atoms with van der Waals surface area (Å²) < 4.78 is 12.9. The molecule has 0 bridgehead atoms. The van der Waals surface area contributed by atoms with Gasteiger partial charge in [-0.25, -0.2) is 4.39 Å². The number of carboxylic acids is 1. The number of hydrogen-bond acceptors (Lipinski definition) is 3. The summed E-state index contributed by atoms with van der Waals surface area (Å²) in [6.45, 7) is 0. The van der Waals surface area contributed by atoms with Gasteiger partial charge >= 0.3 is 5.97 Å². The van der Waals surface area contributed by atoms with Crippen LogP contribution < -0.4 is 5.32 Å². The topological polar surface area (TPSA) is 69.6 Å². The van der Waals surface area contributed by atoms with E-state index in [1.165, 1.54) is 19.2 Å². The Morgan fingerprint density at radius 3 is 2.67 bits per heavy atom. The van der Waals surface area contributed by atoms with Gasteiger partial charge in [-0.1, -0.05) is 0 Å². The Bertz CT molecular complexity index is 347. The van der Waals surface area contributed by atoms with Gasteiger partial charge in [0.05, 0.1) is 0 Å². The summed E-state index contributed by atoms with van der Waals surface area (Å²) in [4.78, 5) is 10.7. The van der Waals surface area contributed by atoms with Gasteiger partial charge < -0.3 is 15.5 Å². The Hall–Kier alpha value is -1.62. The Morgan fingerprint density at radius 2 is 2.20 bits per heavy atom. The first-order chi connectivity index (χ1) is 7.02. The number of likely N-dealkylation sites (N-methyl/N-ethyl adjacent to an activating group) is 1. The molecule has 5 heteroatoms. The zero-order chi connectivity index (χ0) is 11.4. The molecule has 0 saturated heterocycles. The maximum Gasteiger partial charge on any atom is 0.321 e. The van der Waals surface area contributed by atoms with Gasteiger partial charge in [-0.05, 0) is 31.2 Å². The highest BCUT2D eigenvalue weighted by Crippen LogP contribution is 2.15. The van der Waals surface area contributed by atoms with Crippen LogP contribution in [0.3, 0.4) is 0 Å². The molecule has 3 N–H and O–H groups in total. The normalized spacial score (nSPS) is 12.4. The fourth-order valence-corrected chi connectivity index (χ4v) is 1.30. The van der Waals surface area contributed by atoms with Crippen LogP contribution in [0.5, 0.6) is 5.75 Å². The van der Waals surface area contributed by atoms with E-state index in [1.54, 1.807) is 0 Å². The lowest BCUT2D eigenvalue weighted by Crippen LogP contribution is -2.35. The van der Waals surface area contributed by atoms with E-state index in [-0.39, 0.29) is 12.2 Å². The molecule has 0 aliphatic rings. The summed E-state index contributed by atoms with van der Waals surface area (Å²) in [5, 5.41) is 20.4. The average molecular weight is 213 g/mol. The van der Waals surface area contributed by atoms with E-state index in [1.807, 2.05) is 0 Å². The largest absolute Gasteiger partial charge is 0.508 e. The van der Waals surface area contributed by atoms with Crippen molar-refractivity contribution < 1.29 is 19.4 Å². The summed E-state index contributed by atoms with van der Waals surface area (Å²) in [6.07, 6.45) is 0.122. The molecular formula is C10H12FNO3. The van der Waals surface area contributed by atoms with Gasteiger partial charge in [-0.3, -0.25) is 4.79 Å². The van der Waals surface area contributed by atoms with Crippen LogP contribution in [0.2, 0.25) is 0 Å². The van der Waals surface area contributed by atoms with Crippen molar-refractivity contribution in [2.75, 3.05) is 7.05 Å². The van der Waals surface area contributed by atoms with Gasteiger partial charge in [0.1, 0.15) is 17.6 Å². The van der Waals surface area contributed by atoms with Crippen molar-refractivity contribution in [3.8, 4) is 5.75 Å². The molecule has 0 saturated carbocycles. The summed E-state index contributed by atoms with van der Waals surface area (Å²) in [7, 11) is 1.51. The first-order valence-corrected chi connectivity index (χ1v) is 4.41. The van der Waals surface area contributed by atoms with Crippen molar-refractivity contribution in [1.29, 1.82) is 0 Å². The van der Waals surface area contributed by atoms with E-state index in [2.05, 4.69) is 5.32 Å². The summed E-state index contributed by atoms with van der Waals surface area (Å²) in [5.41, 5.74) is 0.439. The molecule has 0 aromatic heterocycles. The first-order valence-electron chi connectivity index (χ1n) is 4.41. The molecule has 0 heterocycles. The molecule has 0 aliphatic heterocycles. The van der Waals surface area contributed by atoms with Crippen molar-refractivity contribution >= 4 is 5.97 Å². The molecule has 1 atom stereocenters. The monoisotopic (exact) mass is 213 g/mol. The van der Waals surface area contributed by atoms with E-state index in [4.69, 9.17) is 10.2 Å². The highest BCUT2D eigenvalue weighted by molar-refractivity contribution is 5.73. The van der Waals surface area contributed by atoms with Crippen molar-refractivity contribution in [2.45, 2.75) is 12.5 Å². The van der Waals surface area contributed by atoms with Crippen LogP contribution in [0.25, 0.3) is 0 Å². The van der Waals surface area contributed by atoms with Crippen molar-refractivity contribution in [3.63, 3.8) is 0 Å². The number of halogens is 1. The molecule has 1 aromatic carbocycles. The number of hydrogen-bond donors (Lipinski definition) is 3. The minimum absolute atomic E-state index is 0.122. The van der Waals surface area contributed by atoms with E-state index in [9.17, 15) is 9.18 Å². The SMILES string of the molecule is CN[C@@H](Cc1cc(O)cc(F)c1)C(=O)O. The number of aliphatic carboxylic acids is 1. The molecule has 82 valence electrons. The number of nitrogens with one attached hydrogen (secondary N) is 1. The molecule has 0 amide bonds. The summed E-state index contributed by atoms with van der Waals surface area (Å²) in [6, 6.07) is 2.73. The minimum atomic E-state index is -1.01. The maximum absolute atomic E-state index is 12.9. The molecule has 0 spiro atoms. The predicted octanol–water partition coefficient (Wildman–Crippen LogP) is 0.746. The number of carboxylic acid groups (broad SMARTS) is 1. The van der Waals surface area contributed by atoms with E-state index in [0.717, 1.165) is 6.07 Å².